The van der Waals surface area contributed by atoms with Gasteiger partial charge < -0.3 is 15.0 Å². The highest BCUT2D eigenvalue weighted by atomic mass is 16.3. The van der Waals surface area contributed by atoms with Crippen LogP contribution in [0.1, 0.15) is 74.1 Å². The summed E-state index contributed by atoms with van der Waals surface area (Å²) in [6.45, 7) is 3.87. The fraction of sp³-hybridized carbons (Fsp3) is 0.500. The molecule has 0 unspecified atom stereocenters. The van der Waals surface area contributed by atoms with Crippen LogP contribution in [0.5, 0.6) is 5.75 Å². The minimum Gasteiger partial charge on any atom is -0.508 e. The van der Waals surface area contributed by atoms with Crippen molar-refractivity contribution < 1.29 is 14.7 Å². The van der Waals surface area contributed by atoms with Crippen molar-refractivity contribution in [2.24, 2.45) is 0 Å². The van der Waals surface area contributed by atoms with Crippen molar-refractivity contribution in [1.29, 1.82) is 0 Å². The molecule has 2 aromatic rings. The van der Waals surface area contributed by atoms with E-state index < -0.39 is 0 Å². The molecule has 2 N–H and O–H groups in total. The molecular formula is C22H29N3O3. The molecule has 3 rings (SSSR count). The Bertz CT molecular complexity index is 833. The lowest BCUT2D eigenvalue weighted by molar-refractivity contribution is -0.116. The van der Waals surface area contributed by atoms with Gasteiger partial charge in [0.15, 0.2) is 5.78 Å². The summed E-state index contributed by atoms with van der Waals surface area (Å²) in [7, 11) is 0. The minimum absolute atomic E-state index is 0.114. The predicted octanol–water partition coefficient (Wildman–Crippen LogP) is 4.11. The number of aromatic nitrogens is 2. The molecule has 6 nitrogen and oxygen atoms in total. The lowest BCUT2D eigenvalue weighted by Gasteiger charge is -2.24. The molecule has 0 aliphatic heterocycles. The molecule has 1 heterocycles. The van der Waals surface area contributed by atoms with Crippen molar-refractivity contribution >= 4 is 17.5 Å². The Balaban J connectivity index is 1.98. The largest absolute Gasteiger partial charge is 0.508 e. The van der Waals surface area contributed by atoms with Gasteiger partial charge in [0.05, 0.1) is 18.7 Å². The number of imidazole rings is 1. The van der Waals surface area contributed by atoms with Crippen LogP contribution in [-0.4, -0.2) is 32.3 Å². The van der Waals surface area contributed by atoms with Crippen molar-refractivity contribution in [2.75, 3.05) is 5.32 Å². The fourth-order valence-corrected chi connectivity index (χ4v) is 3.85. The first kappa shape index (κ1) is 20.1. The molecule has 1 aliphatic carbocycles. The Morgan fingerprint density at radius 3 is 2.46 bits per heavy atom. The lowest BCUT2D eigenvalue weighted by Crippen LogP contribution is -2.25. The van der Waals surface area contributed by atoms with Crippen LogP contribution in [0.2, 0.25) is 0 Å². The number of phenolic OH excluding ortho intramolecular Hbond substituents is 1. The molecule has 1 aromatic heterocycles. The maximum absolute atomic E-state index is 12.9. The summed E-state index contributed by atoms with van der Waals surface area (Å²) in [6, 6.07) is 7.31. The summed E-state index contributed by atoms with van der Waals surface area (Å²) in [4.78, 5) is 29.2. The highest BCUT2D eigenvalue weighted by Gasteiger charge is 2.25. The molecule has 1 saturated carbocycles. The zero-order valence-electron chi connectivity index (χ0n) is 16.7. The van der Waals surface area contributed by atoms with Crippen molar-refractivity contribution in [3.63, 3.8) is 0 Å². The first-order valence-electron chi connectivity index (χ1n) is 10.1. The van der Waals surface area contributed by atoms with E-state index in [1.54, 1.807) is 12.1 Å². The van der Waals surface area contributed by atoms with Gasteiger partial charge in [0, 0.05) is 6.04 Å². The quantitative estimate of drug-likeness (QED) is 0.529. The second-order valence-electron chi connectivity index (χ2n) is 7.62. The first-order valence-corrected chi connectivity index (χ1v) is 10.1. The number of nitrogens with one attached hydrogen (secondary N) is 1. The second kappa shape index (κ2) is 9.04. The van der Waals surface area contributed by atoms with E-state index in [1.165, 1.54) is 26.2 Å². The van der Waals surface area contributed by atoms with Crippen LogP contribution in [0.25, 0.3) is 0 Å². The summed E-state index contributed by atoms with van der Waals surface area (Å²) in [6.07, 6.45) is 6.38. The third kappa shape index (κ3) is 4.80. The van der Waals surface area contributed by atoms with Gasteiger partial charge >= 0.3 is 0 Å². The highest BCUT2D eigenvalue weighted by Crippen LogP contribution is 2.26. The molecule has 0 saturated heterocycles. The number of anilines is 1. The van der Waals surface area contributed by atoms with Crippen LogP contribution in [0.15, 0.2) is 24.3 Å². The molecule has 6 heteroatoms. The van der Waals surface area contributed by atoms with E-state index in [0.29, 0.717) is 30.6 Å². The van der Waals surface area contributed by atoms with Crippen LogP contribution in [0.4, 0.5) is 5.95 Å². The lowest BCUT2D eigenvalue weighted by atomic mass is 9.96. The van der Waals surface area contributed by atoms with Gasteiger partial charge in [0.25, 0.3) is 0 Å². The third-order valence-electron chi connectivity index (χ3n) is 5.26. The summed E-state index contributed by atoms with van der Waals surface area (Å²) in [5.41, 5.74) is 2.20. The number of aromatic hydroxyl groups is 1. The van der Waals surface area contributed by atoms with Crippen LogP contribution >= 0.6 is 0 Å². The molecule has 0 atom stereocenters. The molecule has 1 aromatic carbocycles. The second-order valence-corrected chi connectivity index (χ2v) is 7.62. The average Bonchev–Trinajstić information content (AvgIpc) is 3.01. The standard InChI is InChI=1S/C22H29N3O3/c1-3-19-21(20(28)13-15(2)26)25(14-16-9-11-18(27)12-10-16)22(24-19)23-17-7-5-4-6-8-17/h9-12,17,27H,3-8,13-14H2,1-2H3,(H,23,24). The molecule has 1 aliphatic rings. The number of rotatable bonds is 8. The van der Waals surface area contributed by atoms with Crippen LogP contribution in [0.3, 0.4) is 0 Å². The monoisotopic (exact) mass is 383 g/mol. The van der Waals surface area contributed by atoms with E-state index in [1.807, 2.05) is 23.6 Å². The summed E-state index contributed by atoms with van der Waals surface area (Å²) in [5.74, 6) is 0.569. The molecule has 1 fully saturated rings. The summed E-state index contributed by atoms with van der Waals surface area (Å²) < 4.78 is 1.91. The number of carbonyl (C=O) groups excluding carboxylic acids is 2. The average molecular weight is 383 g/mol. The van der Waals surface area contributed by atoms with Crippen molar-refractivity contribution in [3.8, 4) is 5.75 Å². The van der Waals surface area contributed by atoms with Crippen molar-refractivity contribution in [2.45, 2.75) is 71.4 Å². The van der Waals surface area contributed by atoms with E-state index in [4.69, 9.17) is 4.98 Å². The Morgan fingerprint density at radius 2 is 1.86 bits per heavy atom. The Morgan fingerprint density at radius 1 is 1.18 bits per heavy atom. The first-order chi connectivity index (χ1) is 13.5. The fourth-order valence-electron chi connectivity index (χ4n) is 3.85. The molecule has 0 spiro atoms. The van der Waals surface area contributed by atoms with Gasteiger partial charge in [-0.25, -0.2) is 4.98 Å². The van der Waals surface area contributed by atoms with Gasteiger partial charge in [-0.15, -0.1) is 0 Å². The predicted molar refractivity (Wildman–Crippen MR) is 109 cm³/mol. The zero-order valence-corrected chi connectivity index (χ0v) is 16.7. The summed E-state index contributed by atoms with van der Waals surface area (Å²) >= 11 is 0. The molecule has 0 radical (unpaired) electrons. The normalized spacial score (nSPS) is 14.8. The van der Waals surface area contributed by atoms with Crippen LogP contribution < -0.4 is 5.32 Å². The van der Waals surface area contributed by atoms with E-state index >= 15 is 0 Å². The maximum Gasteiger partial charge on any atom is 0.204 e. The maximum atomic E-state index is 12.9. The Hall–Kier alpha value is -2.63. The van der Waals surface area contributed by atoms with Crippen LogP contribution in [0, 0.1) is 0 Å². The SMILES string of the molecule is CCc1nc(NC2CCCCC2)n(Cc2ccc(O)cc2)c1C(=O)CC(C)=O. The smallest absolute Gasteiger partial charge is 0.204 e. The number of aryl methyl sites for hydroxylation is 1. The minimum atomic E-state index is -0.188. The van der Waals surface area contributed by atoms with Crippen molar-refractivity contribution in [3.05, 3.63) is 41.2 Å². The topological polar surface area (TPSA) is 84.2 Å². The molecule has 0 bridgehead atoms. The third-order valence-corrected chi connectivity index (χ3v) is 5.26. The number of carbonyl (C=O) groups is 2. The molecular weight excluding hydrogens is 354 g/mol. The van der Waals surface area contributed by atoms with E-state index in [2.05, 4.69) is 5.32 Å². The molecule has 150 valence electrons. The molecule has 0 amide bonds. The van der Waals surface area contributed by atoms with Gasteiger partial charge in [-0.2, -0.15) is 0 Å². The zero-order chi connectivity index (χ0) is 20.1. The highest BCUT2D eigenvalue weighted by molar-refractivity contribution is 6.07. The van der Waals surface area contributed by atoms with Gasteiger partial charge in [-0.3, -0.25) is 9.59 Å². The number of hydrogen-bond acceptors (Lipinski definition) is 5. The van der Waals surface area contributed by atoms with Gasteiger partial charge in [-0.05, 0) is 43.9 Å². The van der Waals surface area contributed by atoms with E-state index in [-0.39, 0.29) is 23.7 Å². The number of hydrogen-bond donors (Lipinski definition) is 2. The van der Waals surface area contributed by atoms with Crippen LogP contribution in [-0.2, 0) is 17.8 Å². The van der Waals surface area contributed by atoms with E-state index in [9.17, 15) is 14.7 Å². The number of Topliss-reactive ketones (excluding diaryl/α,β-unsaturated/α-hetero) is 2. The van der Waals surface area contributed by atoms with Gasteiger partial charge in [0.2, 0.25) is 5.95 Å². The van der Waals surface area contributed by atoms with E-state index in [0.717, 1.165) is 24.1 Å². The number of ketones is 2. The number of benzene rings is 1. The summed E-state index contributed by atoms with van der Waals surface area (Å²) in [5, 5.41) is 13.1. The number of nitrogens with zero attached hydrogens (tertiary/aromatic N) is 2. The van der Waals surface area contributed by atoms with Crippen molar-refractivity contribution in [1.82, 2.24) is 9.55 Å². The van der Waals surface area contributed by atoms with Gasteiger partial charge in [0.1, 0.15) is 17.2 Å². The van der Waals surface area contributed by atoms with Gasteiger partial charge in [-0.1, -0.05) is 38.3 Å². The number of phenols is 1. The molecule has 28 heavy (non-hydrogen) atoms. The Labute approximate surface area is 166 Å². The Kier molecular flexibility index (Phi) is 6.49.